The van der Waals surface area contributed by atoms with E-state index in [9.17, 15) is 36.3 Å². The van der Waals surface area contributed by atoms with E-state index in [-0.39, 0.29) is 30.8 Å². The number of aromatic nitrogens is 3. The maximum absolute atomic E-state index is 13.9. The van der Waals surface area contributed by atoms with Crippen LogP contribution < -0.4 is 16.0 Å². The van der Waals surface area contributed by atoms with Gasteiger partial charge in [-0.2, -0.15) is 18.3 Å². The summed E-state index contributed by atoms with van der Waals surface area (Å²) in [5.74, 6) is -4.65. The zero-order chi connectivity index (χ0) is 29.9. The molecule has 10 nitrogen and oxygen atoms in total. The summed E-state index contributed by atoms with van der Waals surface area (Å²) < 4.78 is 68.8. The molecule has 3 heterocycles. The first kappa shape index (κ1) is 30.2. The van der Waals surface area contributed by atoms with Gasteiger partial charge in [-0.1, -0.05) is 6.92 Å². The first-order chi connectivity index (χ1) is 19.3. The van der Waals surface area contributed by atoms with Crippen molar-refractivity contribution in [2.24, 2.45) is 5.92 Å². The summed E-state index contributed by atoms with van der Waals surface area (Å²) in [6.07, 6.45) is -2.36. The second-order valence-corrected chi connectivity index (χ2v) is 10.3. The molecule has 4 amide bonds. The van der Waals surface area contributed by atoms with Gasteiger partial charge < -0.3 is 20.9 Å². The van der Waals surface area contributed by atoms with E-state index in [2.05, 4.69) is 20.7 Å². The Morgan fingerprint density at radius 3 is 2.49 bits per heavy atom. The van der Waals surface area contributed by atoms with Gasteiger partial charge in [-0.05, 0) is 55.9 Å². The van der Waals surface area contributed by atoms with Crippen LogP contribution in [0, 0.1) is 5.92 Å². The fraction of sp³-hybridized carbons (Fsp3) is 0.577. The molecule has 2 aromatic rings. The van der Waals surface area contributed by atoms with E-state index in [1.807, 2.05) is 5.32 Å². The average molecular weight is 586 g/mol. The zero-order valence-corrected chi connectivity index (χ0v) is 22.5. The highest BCUT2D eigenvalue weighted by Gasteiger charge is 2.48. The van der Waals surface area contributed by atoms with Gasteiger partial charge in [-0.25, -0.2) is 18.6 Å². The molecule has 0 unspecified atom stereocenters. The third-order valence-corrected chi connectivity index (χ3v) is 7.57. The quantitative estimate of drug-likeness (QED) is 0.380. The van der Waals surface area contributed by atoms with Crippen molar-refractivity contribution in [1.29, 1.82) is 0 Å². The van der Waals surface area contributed by atoms with Gasteiger partial charge in [0.05, 0.1) is 12.6 Å². The standard InChI is InChI=1S/C26H32F5N7O3/c1-3-17(37-14-19(26(29,30)31)34-24(37)41)16-7-11-32-20(13-16)35-23(40)21(15-5-9-25(27,28)10-6-15)36-22(39)18-8-12-33-38(18)4-2/h7-8,11-13,15,17,19,21H,3-6,9-10,14H2,1-2H3,(H,34,41)(H,36,39)(H,32,35,40)/t17-,19+,21-/m1/s1. The van der Waals surface area contributed by atoms with Crippen molar-refractivity contribution in [3.8, 4) is 0 Å². The van der Waals surface area contributed by atoms with Crippen molar-refractivity contribution in [3.63, 3.8) is 0 Å². The predicted octanol–water partition coefficient (Wildman–Crippen LogP) is 4.27. The van der Waals surface area contributed by atoms with Crippen LogP contribution in [0.1, 0.15) is 68.0 Å². The van der Waals surface area contributed by atoms with E-state index in [4.69, 9.17) is 0 Å². The van der Waals surface area contributed by atoms with Gasteiger partial charge in [0.15, 0.2) is 0 Å². The molecule has 0 bridgehead atoms. The Morgan fingerprint density at radius 1 is 1.17 bits per heavy atom. The van der Waals surface area contributed by atoms with Crippen LogP contribution in [-0.4, -0.2) is 68.2 Å². The van der Waals surface area contributed by atoms with Gasteiger partial charge in [0.25, 0.3) is 5.91 Å². The number of hydrogen-bond acceptors (Lipinski definition) is 5. The highest BCUT2D eigenvalue weighted by atomic mass is 19.4. The summed E-state index contributed by atoms with van der Waals surface area (Å²) in [6, 6.07) is -0.288. The van der Waals surface area contributed by atoms with E-state index in [1.165, 1.54) is 35.3 Å². The van der Waals surface area contributed by atoms with E-state index < -0.39 is 73.4 Å². The molecule has 1 aliphatic carbocycles. The fourth-order valence-corrected chi connectivity index (χ4v) is 5.36. The van der Waals surface area contributed by atoms with Crippen molar-refractivity contribution in [1.82, 2.24) is 30.3 Å². The molecule has 1 saturated heterocycles. The second kappa shape index (κ2) is 12.0. The molecule has 15 heteroatoms. The molecular weight excluding hydrogens is 553 g/mol. The van der Waals surface area contributed by atoms with Crippen molar-refractivity contribution >= 4 is 23.7 Å². The van der Waals surface area contributed by atoms with Gasteiger partial charge >= 0.3 is 12.2 Å². The van der Waals surface area contributed by atoms with Crippen LogP contribution in [0.5, 0.6) is 0 Å². The van der Waals surface area contributed by atoms with Gasteiger partial charge in [-0.15, -0.1) is 0 Å². The molecule has 3 atom stereocenters. The Labute approximate surface area is 233 Å². The summed E-state index contributed by atoms with van der Waals surface area (Å²) in [7, 11) is 0. The van der Waals surface area contributed by atoms with Crippen molar-refractivity contribution in [2.45, 2.75) is 82.7 Å². The van der Waals surface area contributed by atoms with Crippen LogP contribution in [0.15, 0.2) is 30.6 Å². The number of aryl methyl sites for hydroxylation is 1. The zero-order valence-electron chi connectivity index (χ0n) is 22.5. The molecule has 2 aliphatic rings. The van der Waals surface area contributed by atoms with E-state index in [1.54, 1.807) is 13.8 Å². The number of nitrogens with zero attached hydrogens (tertiary/aromatic N) is 4. The maximum Gasteiger partial charge on any atom is 0.410 e. The number of amides is 4. The molecule has 1 aliphatic heterocycles. The first-order valence-corrected chi connectivity index (χ1v) is 13.4. The lowest BCUT2D eigenvalue weighted by Crippen LogP contribution is -2.50. The molecule has 4 rings (SSSR count). The molecule has 1 saturated carbocycles. The number of nitrogens with one attached hydrogen (secondary N) is 3. The largest absolute Gasteiger partial charge is 0.410 e. The van der Waals surface area contributed by atoms with Gasteiger partial charge in [0.2, 0.25) is 11.8 Å². The smallest absolute Gasteiger partial charge is 0.339 e. The lowest BCUT2D eigenvalue weighted by molar-refractivity contribution is -0.150. The van der Waals surface area contributed by atoms with Crippen LogP contribution in [0.25, 0.3) is 0 Å². The molecule has 2 fully saturated rings. The average Bonchev–Trinajstić information content (AvgIpc) is 3.55. The topological polar surface area (TPSA) is 121 Å². The molecule has 0 aromatic carbocycles. The van der Waals surface area contributed by atoms with E-state index >= 15 is 0 Å². The number of anilines is 1. The number of urea groups is 1. The van der Waals surface area contributed by atoms with E-state index in [0.717, 1.165) is 4.90 Å². The summed E-state index contributed by atoms with van der Waals surface area (Å²) in [5.41, 5.74) is 0.652. The third kappa shape index (κ3) is 6.93. The van der Waals surface area contributed by atoms with Crippen molar-refractivity contribution in [3.05, 3.63) is 41.9 Å². The van der Waals surface area contributed by atoms with Crippen molar-refractivity contribution < 1.29 is 36.3 Å². The minimum Gasteiger partial charge on any atom is -0.339 e. The minimum atomic E-state index is -4.60. The number of pyridine rings is 1. The number of carbonyl (C=O) groups is 3. The van der Waals surface area contributed by atoms with Crippen LogP contribution >= 0.6 is 0 Å². The Balaban J connectivity index is 1.53. The van der Waals surface area contributed by atoms with Crippen LogP contribution in [0.3, 0.4) is 0 Å². The number of hydrogen-bond donors (Lipinski definition) is 3. The Bertz CT molecular complexity index is 1260. The number of carbonyl (C=O) groups excluding carboxylic acids is 3. The van der Waals surface area contributed by atoms with Gasteiger partial charge in [0, 0.05) is 31.8 Å². The second-order valence-electron chi connectivity index (χ2n) is 10.3. The SMILES string of the molecule is CC[C@H](c1ccnc(NC(=O)[C@H](NC(=O)c2ccnn2CC)C2CCC(F)(F)CC2)c1)N1C[C@@H](C(F)(F)F)NC1=O. The van der Waals surface area contributed by atoms with Crippen LogP contribution in [-0.2, 0) is 11.3 Å². The normalized spacial score (nSPS) is 20.8. The molecule has 2 aromatic heterocycles. The van der Waals surface area contributed by atoms with Gasteiger partial charge in [0.1, 0.15) is 23.6 Å². The maximum atomic E-state index is 13.9. The highest BCUT2D eigenvalue weighted by Crippen LogP contribution is 2.38. The Kier molecular flexibility index (Phi) is 8.83. The van der Waals surface area contributed by atoms with Crippen molar-refractivity contribution in [2.75, 3.05) is 11.9 Å². The summed E-state index contributed by atoms with van der Waals surface area (Å²) in [4.78, 5) is 44.1. The molecule has 0 spiro atoms. The molecule has 0 radical (unpaired) electrons. The number of rotatable bonds is 9. The summed E-state index contributed by atoms with van der Waals surface area (Å²) in [6.45, 7) is 3.33. The minimum absolute atomic E-state index is 0.00816. The van der Waals surface area contributed by atoms with Crippen LogP contribution in [0.2, 0.25) is 0 Å². The summed E-state index contributed by atoms with van der Waals surface area (Å²) in [5, 5.41) is 11.3. The van der Waals surface area contributed by atoms with Gasteiger partial charge in [-0.3, -0.25) is 14.3 Å². The molecule has 3 N–H and O–H groups in total. The van der Waals surface area contributed by atoms with Crippen LogP contribution in [0.4, 0.5) is 32.6 Å². The predicted molar refractivity (Wildman–Crippen MR) is 137 cm³/mol. The lowest BCUT2D eigenvalue weighted by atomic mass is 9.81. The molecule has 41 heavy (non-hydrogen) atoms. The van der Waals surface area contributed by atoms with E-state index in [0.29, 0.717) is 12.1 Å². The Morgan fingerprint density at radius 2 is 1.88 bits per heavy atom. The highest BCUT2D eigenvalue weighted by molar-refractivity contribution is 6.00. The summed E-state index contributed by atoms with van der Waals surface area (Å²) >= 11 is 0. The lowest BCUT2D eigenvalue weighted by Gasteiger charge is -2.33. The fourth-order valence-electron chi connectivity index (χ4n) is 5.36. The molecule has 224 valence electrons. The third-order valence-electron chi connectivity index (χ3n) is 7.57. The number of halogens is 5. The monoisotopic (exact) mass is 585 g/mol. The number of alkyl halides is 5. The molecular formula is C26H32F5N7O3. The Hall–Kier alpha value is -3.78. The first-order valence-electron chi connectivity index (χ1n) is 13.4.